The molecule has 2 aromatic rings. The van der Waals surface area contributed by atoms with Crippen LogP contribution in [0.5, 0.6) is 0 Å². The van der Waals surface area contributed by atoms with Crippen molar-refractivity contribution in [2.24, 2.45) is 0 Å². The fourth-order valence-corrected chi connectivity index (χ4v) is 1.72. The largest absolute Gasteiger partial charge is 0.480 e. The first-order valence-corrected chi connectivity index (χ1v) is 5.24. The summed E-state index contributed by atoms with van der Waals surface area (Å²) in [5.74, 6) is -0.872. The fraction of sp³-hybridized carbons (Fsp3) is 0.250. The van der Waals surface area contributed by atoms with Crippen LogP contribution in [-0.4, -0.2) is 25.6 Å². The van der Waals surface area contributed by atoms with Crippen molar-refractivity contribution in [3.05, 3.63) is 36.0 Å². The number of rotatable bonds is 3. The van der Waals surface area contributed by atoms with Gasteiger partial charge in [0, 0.05) is 23.1 Å². The van der Waals surface area contributed by atoms with E-state index in [1.54, 1.807) is 17.1 Å². The summed E-state index contributed by atoms with van der Waals surface area (Å²) in [6.07, 6.45) is 3.27. The molecule has 0 saturated carbocycles. The zero-order valence-electron chi connectivity index (χ0n) is 9.71. The third-order valence-corrected chi connectivity index (χ3v) is 2.58. The molecule has 1 N–H and O–H groups in total. The molecular weight excluding hydrogens is 218 g/mol. The van der Waals surface area contributed by atoms with Crippen LogP contribution in [0.2, 0.25) is 0 Å². The first-order valence-electron chi connectivity index (χ1n) is 5.24. The predicted molar refractivity (Wildman–Crippen MR) is 62.6 cm³/mol. The van der Waals surface area contributed by atoms with Gasteiger partial charge in [0.2, 0.25) is 0 Å². The molecule has 0 aliphatic carbocycles. The fourth-order valence-electron chi connectivity index (χ4n) is 1.72. The number of carbonyl (C=O) groups is 1. The Hall–Kier alpha value is -2.17. The van der Waals surface area contributed by atoms with Crippen molar-refractivity contribution in [2.45, 2.75) is 20.4 Å². The molecule has 88 valence electrons. The van der Waals surface area contributed by atoms with Crippen LogP contribution in [0.15, 0.2) is 24.7 Å². The van der Waals surface area contributed by atoms with Gasteiger partial charge in [0.1, 0.15) is 6.54 Å². The van der Waals surface area contributed by atoms with Gasteiger partial charge >= 0.3 is 5.97 Å². The van der Waals surface area contributed by atoms with Crippen molar-refractivity contribution in [2.75, 3.05) is 0 Å². The molecule has 5 nitrogen and oxygen atoms in total. The molecule has 2 aromatic heterocycles. The van der Waals surface area contributed by atoms with Crippen LogP contribution < -0.4 is 0 Å². The SMILES string of the molecule is Cc1cc(-c2ncn(CC(=O)O)c2C)ccn1. The van der Waals surface area contributed by atoms with Crippen molar-refractivity contribution in [1.29, 1.82) is 0 Å². The van der Waals surface area contributed by atoms with Gasteiger partial charge in [-0.25, -0.2) is 4.98 Å². The lowest BCUT2D eigenvalue weighted by Crippen LogP contribution is -2.08. The maximum atomic E-state index is 10.7. The third kappa shape index (κ3) is 2.33. The maximum Gasteiger partial charge on any atom is 0.323 e. The second-order valence-corrected chi connectivity index (χ2v) is 3.89. The van der Waals surface area contributed by atoms with Gasteiger partial charge < -0.3 is 9.67 Å². The lowest BCUT2D eigenvalue weighted by molar-refractivity contribution is -0.137. The molecular formula is C12H13N3O2. The van der Waals surface area contributed by atoms with Crippen LogP contribution in [0.3, 0.4) is 0 Å². The first-order chi connectivity index (χ1) is 8.08. The topological polar surface area (TPSA) is 68.0 Å². The second kappa shape index (κ2) is 4.37. The number of hydrogen-bond donors (Lipinski definition) is 1. The van der Waals surface area contributed by atoms with Gasteiger partial charge in [-0.3, -0.25) is 9.78 Å². The van der Waals surface area contributed by atoms with Gasteiger partial charge in [0.05, 0.1) is 12.0 Å². The molecule has 0 bridgehead atoms. The molecule has 0 radical (unpaired) electrons. The third-order valence-electron chi connectivity index (χ3n) is 2.58. The molecule has 0 atom stereocenters. The summed E-state index contributed by atoms with van der Waals surface area (Å²) < 4.78 is 1.62. The van der Waals surface area contributed by atoms with Gasteiger partial charge in [-0.15, -0.1) is 0 Å². The van der Waals surface area contributed by atoms with Gasteiger partial charge in [-0.2, -0.15) is 0 Å². The zero-order valence-corrected chi connectivity index (χ0v) is 9.71. The average Bonchev–Trinajstić information content (AvgIpc) is 2.60. The van der Waals surface area contributed by atoms with Crippen molar-refractivity contribution in [1.82, 2.24) is 14.5 Å². The van der Waals surface area contributed by atoms with Crippen molar-refractivity contribution in [3.8, 4) is 11.3 Å². The zero-order chi connectivity index (χ0) is 12.4. The van der Waals surface area contributed by atoms with E-state index in [0.717, 1.165) is 22.6 Å². The summed E-state index contributed by atoms with van der Waals surface area (Å²) in [7, 11) is 0. The van der Waals surface area contributed by atoms with Crippen LogP contribution in [-0.2, 0) is 11.3 Å². The van der Waals surface area contributed by atoms with Crippen molar-refractivity contribution in [3.63, 3.8) is 0 Å². The molecule has 0 fully saturated rings. The highest BCUT2D eigenvalue weighted by Gasteiger charge is 2.10. The Labute approximate surface area is 98.8 Å². The van der Waals surface area contributed by atoms with E-state index in [2.05, 4.69) is 9.97 Å². The number of nitrogens with zero attached hydrogens (tertiary/aromatic N) is 3. The summed E-state index contributed by atoms with van der Waals surface area (Å²) in [4.78, 5) is 19.0. The second-order valence-electron chi connectivity index (χ2n) is 3.89. The summed E-state index contributed by atoms with van der Waals surface area (Å²) in [6, 6.07) is 3.80. The molecule has 0 aromatic carbocycles. The van der Waals surface area contributed by atoms with E-state index in [4.69, 9.17) is 5.11 Å². The van der Waals surface area contributed by atoms with Crippen LogP contribution in [0, 0.1) is 13.8 Å². The predicted octanol–water partition coefficient (Wildman–Crippen LogP) is 1.65. The number of aromatic nitrogens is 3. The standard InChI is InChI=1S/C12H13N3O2/c1-8-5-10(3-4-13-8)12-9(2)15(7-14-12)6-11(16)17/h3-5,7H,6H2,1-2H3,(H,16,17). The van der Waals surface area contributed by atoms with Gasteiger partial charge in [0.15, 0.2) is 0 Å². The molecule has 0 spiro atoms. The van der Waals surface area contributed by atoms with E-state index >= 15 is 0 Å². The highest BCUT2D eigenvalue weighted by molar-refractivity contribution is 5.68. The minimum atomic E-state index is -0.872. The molecule has 2 rings (SSSR count). The van der Waals surface area contributed by atoms with Crippen molar-refractivity contribution < 1.29 is 9.90 Å². The molecule has 0 amide bonds. The quantitative estimate of drug-likeness (QED) is 0.872. The molecule has 0 aliphatic rings. The van der Waals surface area contributed by atoms with E-state index in [9.17, 15) is 4.79 Å². The Morgan fingerprint density at radius 3 is 2.82 bits per heavy atom. The van der Waals surface area contributed by atoms with E-state index in [-0.39, 0.29) is 6.54 Å². The summed E-state index contributed by atoms with van der Waals surface area (Å²) in [5, 5.41) is 8.76. The number of aliphatic carboxylic acids is 1. The Morgan fingerprint density at radius 2 is 2.18 bits per heavy atom. The van der Waals surface area contributed by atoms with Gasteiger partial charge in [0.25, 0.3) is 0 Å². The molecule has 0 saturated heterocycles. The van der Waals surface area contributed by atoms with E-state index < -0.39 is 5.97 Å². The van der Waals surface area contributed by atoms with E-state index in [1.807, 2.05) is 26.0 Å². The monoisotopic (exact) mass is 231 g/mol. The van der Waals surface area contributed by atoms with E-state index in [0.29, 0.717) is 0 Å². The minimum absolute atomic E-state index is 0.0666. The Balaban J connectivity index is 2.40. The number of hydrogen-bond acceptors (Lipinski definition) is 3. The number of pyridine rings is 1. The minimum Gasteiger partial charge on any atom is -0.480 e. The van der Waals surface area contributed by atoms with Crippen molar-refractivity contribution >= 4 is 5.97 Å². The van der Waals surface area contributed by atoms with Crippen LogP contribution in [0.25, 0.3) is 11.3 Å². The van der Waals surface area contributed by atoms with Gasteiger partial charge in [-0.1, -0.05) is 0 Å². The number of carboxylic acids is 1. The lowest BCUT2D eigenvalue weighted by atomic mass is 10.1. The van der Waals surface area contributed by atoms with Gasteiger partial charge in [-0.05, 0) is 26.0 Å². The van der Waals surface area contributed by atoms with Crippen LogP contribution in [0.4, 0.5) is 0 Å². The molecule has 0 aliphatic heterocycles. The summed E-state index contributed by atoms with van der Waals surface area (Å²) >= 11 is 0. The maximum absolute atomic E-state index is 10.7. The molecule has 0 unspecified atom stereocenters. The number of imidazole rings is 1. The number of carboxylic acid groups (broad SMARTS) is 1. The summed E-state index contributed by atoms with van der Waals surface area (Å²) in [6.45, 7) is 3.71. The molecule has 2 heterocycles. The summed E-state index contributed by atoms with van der Waals surface area (Å²) in [5.41, 5.74) is 3.52. The highest BCUT2D eigenvalue weighted by Crippen LogP contribution is 2.21. The Bertz CT molecular complexity index is 561. The van der Waals surface area contributed by atoms with E-state index in [1.165, 1.54) is 0 Å². The van der Waals surface area contributed by atoms with Crippen LogP contribution >= 0.6 is 0 Å². The Kier molecular flexibility index (Phi) is 2.91. The normalized spacial score (nSPS) is 10.5. The highest BCUT2D eigenvalue weighted by atomic mass is 16.4. The Morgan fingerprint density at radius 1 is 1.41 bits per heavy atom. The lowest BCUT2D eigenvalue weighted by Gasteiger charge is -2.03. The molecule has 5 heteroatoms. The number of aryl methyl sites for hydroxylation is 1. The smallest absolute Gasteiger partial charge is 0.323 e. The van der Waals surface area contributed by atoms with Crippen LogP contribution in [0.1, 0.15) is 11.4 Å². The molecule has 17 heavy (non-hydrogen) atoms. The first kappa shape index (κ1) is 11.3. The average molecular weight is 231 g/mol.